The van der Waals surface area contributed by atoms with Gasteiger partial charge in [0.25, 0.3) is 5.91 Å². The zero-order chi connectivity index (χ0) is 14.2. The summed E-state index contributed by atoms with van der Waals surface area (Å²) < 4.78 is 1.87. The Morgan fingerprint density at radius 2 is 2.05 bits per heavy atom. The molecular weight excluding hydrogens is 276 g/mol. The molecule has 1 aliphatic carbocycles. The largest absolute Gasteiger partial charge is 0.481 e. The number of hydrogen-bond donors (Lipinski definition) is 2. The lowest BCUT2D eigenvalue weighted by Crippen LogP contribution is -2.34. The van der Waals surface area contributed by atoms with Crippen LogP contribution in [-0.4, -0.2) is 28.1 Å². The van der Waals surface area contributed by atoms with Crippen molar-refractivity contribution in [3.63, 3.8) is 0 Å². The standard InChI is InChI=1S/C14H14N2O3S/c17-12(15-9-14(4-5-14)13(18)19)11-10(3-8-20-11)16-6-1-2-7-16/h1-3,6-8H,4-5,9H2,(H,15,17)(H,18,19). The van der Waals surface area contributed by atoms with Gasteiger partial charge in [0.15, 0.2) is 0 Å². The van der Waals surface area contributed by atoms with Crippen molar-refractivity contribution in [1.82, 2.24) is 9.88 Å². The molecular formula is C14H14N2O3S. The lowest BCUT2D eigenvalue weighted by molar-refractivity contribution is -0.143. The topological polar surface area (TPSA) is 71.3 Å². The number of carbonyl (C=O) groups excluding carboxylic acids is 1. The van der Waals surface area contributed by atoms with Crippen molar-refractivity contribution in [2.24, 2.45) is 5.41 Å². The number of rotatable bonds is 5. The summed E-state index contributed by atoms with van der Waals surface area (Å²) in [6.07, 6.45) is 5.02. The normalized spacial score (nSPS) is 15.8. The minimum atomic E-state index is -0.824. The van der Waals surface area contributed by atoms with E-state index in [2.05, 4.69) is 5.32 Å². The Balaban J connectivity index is 1.73. The summed E-state index contributed by atoms with van der Waals surface area (Å²) in [5.41, 5.74) is 0.0817. The molecule has 2 heterocycles. The second-order valence-electron chi connectivity index (χ2n) is 4.99. The van der Waals surface area contributed by atoms with E-state index in [9.17, 15) is 9.59 Å². The first kappa shape index (κ1) is 12.9. The van der Waals surface area contributed by atoms with Crippen LogP contribution in [0.4, 0.5) is 0 Å². The fraction of sp³-hybridized carbons (Fsp3) is 0.286. The molecule has 6 heteroatoms. The molecule has 0 aliphatic heterocycles. The Kier molecular flexibility index (Phi) is 3.10. The van der Waals surface area contributed by atoms with Gasteiger partial charge in [-0.3, -0.25) is 9.59 Å². The quantitative estimate of drug-likeness (QED) is 0.886. The average molecular weight is 290 g/mol. The van der Waals surface area contributed by atoms with Crippen LogP contribution in [-0.2, 0) is 4.79 Å². The van der Waals surface area contributed by atoms with E-state index in [1.165, 1.54) is 11.3 Å². The third-order valence-corrected chi connectivity index (χ3v) is 4.53. The highest BCUT2D eigenvalue weighted by molar-refractivity contribution is 7.12. The van der Waals surface area contributed by atoms with Crippen molar-refractivity contribution in [3.05, 3.63) is 40.8 Å². The molecule has 1 amide bonds. The van der Waals surface area contributed by atoms with Gasteiger partial charge in [0.2, 0.25) is 0 Å². The predicted octanol–water partition coefficient (Wildman–Crippen LogP) is 2.13. The van der Waals surface area contributed by atoms with Crippen molar-refractivity contribution in [3.8, 4) is 5.69 Å². The third-order valence-electron chi connectivity index (χ3n) is 3.63. The van der Waals surface area contributed by atoms with Gasteiger partial charge in [-0.2, -0.15) is 0 Å². The summed E-state index contributed by atoms with van der Waals surface area (Å²) in [4.78, 5) is 23.9. The molecule has 0 radical (unpaired) electrons. The first-order valence-electron chi connectivity index (χ1n) is 6.35. The molecule has 0 spiro atoms. The Labute approximate surface area is 119 Å². The molecule has 1 aliphatic rings. The van der Waals surface area contributed by atoms with Crippen molar-refractivity contribution in [2.45, 2.75) is 12.8 Å². The average Bonchev–Trinajstić information content (AvgIpc) is 2.87. The molecule has 20 heavy (non-hydrogen) atoms. The lowest BCUT2D eigenvalue weighted by Gasteiger charge is -2.11. The van der Waals surface area contributed by atoms with Crippen molar-refractivity contribution in [1.29, 1.82) is 0 Å². The number of hydrogen-bond acceptors (Lipinski definition) is 3. The second-order valence-corrected chi connectivity index (χ2v) is 5.91. The smallest absolute Gasteiger partial charge is 0.311 e. The number of amides is 1. The highest BCUT2D eigenvalue weighted by Gasteiger charge is 2.50. The highest BCUT2D eigenvalue weighted by atomic mass is 32.1. The van der Waals surface area contributed by atoms with Crippen LogP contribution in [0.25, 0.3) is 5.69 Å². The molecule has 3 rings (SSSR count). The predicted molar refractivity (Wildman–Crippen MR) is 75.3 cm³/mol. The van der Waals surface area contributed by atoms with Gasteiger partial charge in [0, 0.05) is 18.9 Å². The molecule has 104 valence electrons. The molecule has 1 fully saturated rings. The zero-order valence-corrected chi connectivity index (χ0v) is 11.5. The van der Waals surface area contributed by atoms with Crippen LogP contribution in [0.2, 0.25) is 0 Å². The minimum absolute atomic E-state index is 0.199. The van der Waals surface area contributed by atoms with Crippen molar-refractivity contribution in [2.75, 3.05) is 6.54 Å². The van der Waals surface area contributed by atoms with E-state index >= 15 is 0 Å². The van der Waals surface area contributed by atoms with Gasteiger partial charge < -0.3 is 15.0 Å². The van der Waals surface area contributed by atoms with Gasteiger partial charge in [-0.05, 0) is 36.4 Å². The Hall–Kier alpha value is -2.08. The minimum Gasteiger partial charge on any atom is -0.481 e. The molecule has 0 unspecified atom stereocenters. The van der Waals surface area contributed by atoms with Crippen molar-refractivity contribution < 1.29 is 14.7 Å². The number of nitrogens with zero attached hydrogens (tertiary/aromatic N) is 1. The van der Waals surface area contributed by atoms with Crippen LogP contribution in [0.3, 0.4) is 0 Å². The maximum atomic E-state index is 12.2. The number of aliphatic carboxylic acids is 1. The number of nitrogens with one attached hydrogen (secondary N) is 1. The number of aromatic nitrogens is 1. The summed E-state index contributed by atoms with van der Waals surface area (Å²) in [7, 11) is 0. The first-order chi connectivity index (χ1) is 9.62. The van der Waals surface area contributed by atoms with E-state index in [4.69, 9.17) is 5.11 Å². The van der Waals surface area contributed by atoms with Gasteiger partial charge in [0.1, 0.15) is 4.88 Å². The molecule has 5 nitrogen and oxygen atoms in total. The Bertz CT molecular complexity index is 641. The summed E-state index contributed by atoms with van der Waals surface area (Å²) in [6, 6.07) is 5.66. The second kappa shape index (κ2) is 4.79. The SMILES string of the molecule is O=C(NCC1(C(=O)O)CC1)c1sccc1-n1cccc1. The summed E-state index contributed by atoms with van der Waals surface area (Å²) >= 11 is 1.35. The van der Waals surface area contributed by atoms with Crippen LogP contribution in [0, 0.1) is 5.41 Å². The summed E-state index contributed by atoms with van der Waals surface area (Å²) in [5, 5.41) is 13.7. The molecule has 2 aromatic heterocycles. The molecule has 0 aromatic carbocycles. The van der Waals surface area contributed by atoms with Crippen LogP contribution < -0.4 is 5.32 Å². The number of carboxylic acid groups (broad SMARTS) is 1. The fourth-order valence-corrected chi connectivity index (χ4v) is 2.92. The number of carboxylic acids is 1. The van der Waals surface area contributed by atoms with Crippen LogP contribution in [0.15, 0.2) is 36.0 Å². The van der Waals surface area contributed by atoms with E-state index in [0.29, 0.717) is 17.7 Å². The van der Waals surface area contributed by atoms with E-state index in [1.54, 1.807) is 0 Å². The van der Waals surface area contributed by atoms with Gasteiger partial charge in [-0.15, -0.1) is 11.3 Å². The fourth-order valence-electron chi connectivity index (χ4n) is 2.12. The van der Waals surface area contributed by atoms with E-state index in [-0.39, 0.29) is 12.5 Å². The Morgan fingerprint density at radius 1 is 1.35 bits per heavy atom. The monoisotopic (exact) mass is 290 g/mol. The van der Waals surface area contributed by atoms with E-state index < -0.39 is 11.4 Å². The van der Waals surface area contributed by atoms with Gasteiger partial charge >= 0.3 is 5.97 Å². The summed E-state index contributed by atoms with van der Waals surface area (Å²) in [6.45, 7) is 0.199. The molecule has 2 N–H and O–H groups in total. The van der Waals surface area contributed by atoms with E-state index in [0.717, 1.165) is 5.69 Å². The van der Waals surface area contributed by atoms with Gasteiger partial charge in [-0.1, -0.05) is 0 Å². The maximum absolute atomic E-state index is 12.2. The number of carbonyl (C=O) groups is 2. The van der Waals surface area contributed by atoms with Crippen LogP contribution >= 0.6 is 11.3 Å². The molecule has 0 saturated heterocycles. The maximum Gasteiger partial charge on any atom is 0.311 e. The lowest BCUT2D eigenvalue weighted by atomic mass is 10.1. The van der Waals surface area contributed by atoms with Crippen LogP contribution in [0.5, 0.6) is 0 Å². The van der Waals surface area contributed by atoms with E-state index in [1.807, 2.05) is 40.5 Å². The summed E-state index contributed by atoms with van der Waals surface area (Å²) in [5.74, 6) is -1.04. The Morgan fingerprint density at radius 3 is 2.65 bits per heavy atom. The molecule has 1 saturated carbocycles. The van der Waals surface area contributed by atoms with Gasteiger partial charge in [-0.25, -0.2) is 0 Å². The third kappa shape index (κ3) is 2.22. The van der Waals surface area contributed by atoms with Crippen LogP contribution in [0.1, 0.15) is 22.5 Å². The van der Waals surface area contributed by atoms with Crippen molar-refractivity contribution >= 4 is 23.2 Å². The molecule has 0 atom stereocenters. The number of thiophene rings is 1. The molecule has 2 aromatic rings. The highest BCUT2D eigenvalue weighted by Crippen LogP contribution is 2.45. The molecule has 0 bridgehead atoms. The van der Waals surface area contributed by atoms with Gasteiger partial charge in [0.05, 0.1) is 11.1 Å². The first-order valence-corrected chi connectivity index (χ1v) is 7.23. The zero-order valence-electron chi connectivity index (χ0n) is 10.7.